The summed E-state index contributed by atoms with van der Waals surface area (Å²) >= 11 is 0. The molecule has 1 unspecified atom stereocenters. The van der Waals surface area contributed by atoms with Crippen LogP contribution in [0.15, 0.2) is 18.2 Å². The molecule has 1 heterocycles. The molecule has 1 aromatic rings. The molecule has 1 aliphatic rings. The van der Waals surface area contributed by atoms with Gasteiger partial charge in [0.25, 0.3) is 0 Å². The number of fused-ring (bicyclic) bond motifs is 1. The van der Waals surface area contributed by atoms with E-state index in [1.54, 1.807) is 0 Å². The molecule has 4 heteroatoms. The van der Waals surface area contributed by atoms with E-state index < -0.39 is 11.6 Å². The fraction of sp³-hybridized carbons (Fsp3) is 0.300. The third kappa shape index (κ3) is 1.52. The zero-order valence-electron chi connectivity index (χ0n) is 7.50. The van der Waals surface area contributed by atoms with Crippen molar-refractivity contribution in [2.45, 2.75) is 12.2 Å². The van der Waals surface area contributed by atoms with Crippen LogP contribution in [0.4, 0.5) is 4.39 Å². The molecule has 14 heavy (non-hydrogen) atoms. The number of carbonyl (C=O) groups is 1. The van der Waals surface area contributed by atoms with Gasteiger partial charge in [-0.3, -0.25) is 4.79 Å². The molecule has 2 radical (unpaired) electrons. The lowest BCUT2D eigenvalue weighted by atomic mass is 9.79. The Morgan fingerprint density at radius 2 is 2.29 bits per heavy atom. The number of benzene rings is 1. The molecule has 0 aliphatic carbocycles. The normalized spacial score (nSPS) is 20.9. The number of ether oxygens (including phenoxy) is 1. The lowest BCUT2D eigenvalue weighted by molar-refractivity contribution is 0.0984. The molecule has 0 amide bonds. The number of hydrogen-bond acceptors (Lipinski definition) is 2. The van der Waals surface area contributed by atoms with Crippen LogP contribution >= 0.6 is 0 Å². The first-order valence-electron chi connectivity index (χ1n) is 4.40. The van der Waals surface area contributed by atoms with Crippen molar-refractivity contribution in [2.24, 2.45) is 0 Å². The smallest absolute Gasteiger partial charge is 0.161 e. The molecule has 1 atom stereocenters. The summed E-state index contributed by atoms with van der Waals surface area (Å²) in [6, 6.07) is 3.86. The number of halogens is 1. The zero-order valence-corrected chi connectivity index (χ0v) is 7.50. The minimum absolute atomic E-state index is 0.183. The first-order valence-corrected chi connectivity index (χ1v) is 4.40. The number of carbonyl (C=O) groups excluding carboxylic acids is 1. The van der Waals surface area contributed by atoms with Gasteiger partial charge < -0.3 is 4.74 Å². The molecule has 0 fully saturated rings. The highest BCUT2D eigenvalue weighted by Crippen LogP contribution is 2.28. The summed E-state index contributed by atoms with van der Waals surface area (Å²) in [5, 5.41) is 0. The summed E-state index contributed by atoms with van der Waals surface area (Å²) in [6.07, 6.45) is 0.467. The minimum Gasteiger partial charge on any atom is -0.493 e. The van der Waals surface area contributed by atoms with Gasteiger partial charge >= 0.3 is 0 Å². The molecule has 1 aromatic carbocycles. The van der Waals surface area contributed by atoms with Gasteiger partial charge in [0.15, 0.2) is 5.78 Å². The summed E-state index contributed by atoms with van der Waals surface area (Å²) in [5.41, 5.74) is 0.372. The van der Waals surface area contributed by atoms with E-state index in [4.69, 9.17) is 12.6 Å². The topological polar surface area (TPSA) is 26.3 Å². The van der Waals surface area contributed by atoms with Gasteiger partial charge in [-0.05, 0) is 24.4 Å². The molecule has 70 valence electrons. The van der Waals surface area contributed by atoms with E-state index in [1.807, 2.05) is 0 Å². The number of ketones is 1. The molecule has 0 saturated carbocycles. The van der Waals surface area contributed by atoms with Crippen molar-refractivity contribution in [3.8, 4) is 5.75 Å². The second kappa shape index (κ2) is 3.44. The maximum Gasteiger partial charge on any atom is 0.161 e. The molecule has 1 aliphatic heterocycles. The van der Waals surface area contributed by atoms with E-state index >= 15 is 0 Å². The summed E-state index contributed by atoms with van der Waals surface area (Å²) < 4.78 is 18.1. The predicted molar refractivity (Wildman–Crippen MR) is 50.3 cm³/mol. The van der Waals surface area contributed by atoms with Crippen LogP contribution < -0.4 is 4.74 Å². The van der Waals surface area contributed by atoms with Crippen LogP contribution in [0.3, 0.4) is 0 Å². The Morgan fingerprint density at radius 1 is 1.50 bits per heavy atom. The van der Waals surface area contributed by atoms with Gasteiger partial charge in [0, 0.05) is 6.07 Å². The Balaban J connectivity index is 2.48. The maximum absolute atomic E-state index is 12.8. The largest absolute Gasteiger partial charge is 0.493 e. The maximum atomic E-state index is 12.8. The first-order chi connectivity index (χ1) is 6.68. The van der Waals surface area contributed by atoms with Crippen molar-refractivity contribution in [2.75, 3.05) is 6.61 Å². The van der Waals surface area contributed by atoms with Crippen LogP contribution in [-0.2, 0) is 0 Å². The summed E-state index contributed by atoms with van der Waals surface area (Å²) in [6.45, 7) is 0.351. The van der Waals surface area contributed by atoms with Gasteiger partial charge in [0.1, 0.15) is 11.6 Å². The third-order valence-electron chi connectivity index (χ3n) is 2.23. The Labute approximate surface area is 82.5 Å². The second-order valence-corrected chi connectivity index (χ2v) is 3.25. The van der Waals surface area contributed by atoms with Crippen molar-refractivity contribution in [3.05, 3.63) is 29.6 Å². The van der Waals surface area contributed by atoms with E-state index in [-0.39, 0.29) is 5.78 Å². The molecule has 2 rings (SSSR count). The van der Waals surface area contributed by atoms with E-state index in [0.29, 0.717) is 24.3 Å². The lowest BCUT2D eigenvalue weighted by Gasteiger charge is -2.05. The SMILES string of the molecule is [B]C1CCOc2cc(F)ccc2C1=O. The summed E-state index contributed by atoms with van der Waals surface area (Å²) in [5.74, 6) is -0.839. The molecule has 2 nitrogen and oxygen atoms in total. The van der Waals surface area contributed by atoms with Crippen LogP contribution in [0.2, 0.25) is 5.82 Å². The van der Waals surface area contributed by atoms with Gasteiger partial charge in [-0.15, -0.1) is 0 Å². The lowest BCUT2D eigenvalue weighted by Crippen LogP contribution is -2.07. The van der Waals surface area contributed by atoms with E-state index in [2.05, 4.69) is 0 Å². The number of Topliss-reactive ketones (excluding diaryl/α,β-unsaturated/α-hetero) is 1. The second-order valence-electron chi connectivity index (χ2n) is 3.25. The van der Waals surface area contributed by atoms with Gasteiger partial charge in [-0.25, -0.2) is 4.39 Å². The van der Waals surface area contributed by atoms with Crippen molar-refractivity contribution >= 4 is 13.6 Å². The summed E-state index contributed by atoms with van der Waals surface area (Å²) in [7, 11) is 5.61. The number of hydrogen-bond donors (Lipinski definition) is 0. The molecular weight excluding hydrogens is 182 g/mol. The molecule has 0 spiro atoms. The average molecular weight is 190 g/mol. The molecule has 0 N–H and O–H groups in total. The molecule has 0 saturated heterocycles. The average Bonchev–Trinajstić information content (AvgIpc) is 2.28. The quantitative estimate of drug-likeness (QED) is 0.582. The highest BCUT2D eigenvalue weighted by atomic mass is 19.1. The van der Waals surface area contributed by atoms with Crippen LogP contribution in [-0.4, -0.2) is 20.2 Å². The van der Waals surface area contributed by atoms with Crippen molar-refractivity contribution in [3.63, 3.8) is 0 Å². The molecular formula is C10H8BFO2. The standard InChI is InChI=1S/C10H8BFO2/c11-8-3-4-14-9-5-6(12)1-2-7(9)10(8)13/h1-2,5,8H,3-4H2. The first kappa shape index (κ1) is 9.25. The Morgan fingerprint density at radius 3 is 3.07 bits per heavy atom. The molecule has 0 bridgehead atoms. The zero-order chi connectivity index (χ0) is 10.1. The van der Waals surface area contributed by atoms with E-state index in [0.717, 1.165) is 0 Å². The van der Waals surface area contributed by atoms with Gasteiger partial charge in [-0.2, -0.15) is 0 Å². The fourth-order valence-electron chi connectivity index (χ4n) is 1.45. The van der Waals surface area contributed by atoms with Crippen LogP contribution in [0.1, 0.15) is 16.8 Å². The van der Waals surface area contributed by atoms with Gasteiger partial charge in [0.2, 0.25) is 0 Å². The van der Waals surface area contributed by atoms with Gasteiger partial charge in [-0.1, -0.05) is 0 Å². The van der Waals surface area contributed by atoms with E-state index in [1.165, 1.54) is 18.2 Å². The Bertz CT molecular complexity index is 378. The van der Waals surface area contributed by atoms with Crippen molar-refractivity contribution in [1.82, 2.24) is 0 Å². The minimum atomic E-state index is -0.540. The highest BCUT2D eigenvalue weighted by Gasteiger charge is 2.22. The van der Waals surface area contributed by atoms with Crippen LogP contribution in [0, 0.1) is 5.82 Å². The van der Waals surface area contributed by atoms with Gasteiger partial charge in [0.05, 0.1) is 20.0 Å². The fourth-order valence-corrected chi connectivity index (χ4v) is 1.45. The highest BCUT2D eigenvalue weighted by molar-refractivity contribution is 6.28. The van der Waals surface area contributed by atoms with Crippen LogP contribution in [0.25, 0.3) is 0 Å². The Kier molecular flexibility index (Phi) is 2.27. The summed E-state index contributed by atoms with van der Waals surface area (Å²) in [4.78, 5) is 11.6. The molecule has 0 aromatic heterocycles. The van der Waals surface area contributed by atoms with Crippen LogP contribution in [0.5, 0.6) is 5.75 Å². The number of rotatable bonds is 0. The predicted octanol–water partition coefficient (Wildman–Crippen LogP) is 1.75. The monoisotopic (exact) mass is 190 g/mol. The van der Waals surface area contributed by atoms with Crippen molar-refractivity contribution in [1.29, 1.82) is 0 Å². The Hall–Kier alpha value is -1.32. The van der Waals surface area contributed by atoms with Crippen molar-refractivity contribution < 1.29 is 13.9 Å². The van der Waals surface area contributed by atoms with E-state index in [9.17, 15) is 9.18 Å². The third-order valence-corrected chi connectivity index (χ3v) is 2.23.